The minimum Gasteiger partial charge on any atom is -0.507 e. The van der Waals surface area contributed by atoms with Gasteiger partial charge in [0.25, 0.3) is 0 Å². The second-order valence-corrected chi connectivity index (χ2v) is 6.87. The van der Waals surface area contributed by atoms with Crippen molar-refractivity contribution < 1.29 is 24.2 Å². The van der Waals surface area contributed by atoms with Crippen LogP contribution >= 0.6 is 0 Å². The molecule has 0 spiro atoms. The number of hydrogen-bond acceptors (Lipinski definition) is 5. The van der Waals surface area contributed by atoms with Crippen LogP contribution in [0.15, 0.2) is 48.0 Å². The van der Waals surface area contributed by atoms with Crippen molar-refractivity contribution >= 4 is 11.8 Å². The summed E-state index contributed by atoms with van der Waals surface area (Å²) in [5.74, 6) is 0.253. The molecule has 3 rings (SSSR count). The predicted molar refractivity (Wildman–Crippen MR) is 101 cm³/mol. The molecule has 0 amide bonds. The first-order valence-electron chi connectivity index (χ1n) is 8.81. The molecule has 27 heavy (non-hydrogen) atoms. The number of phenols is 1. The Hall–Kier alpha value is -3.08. The number of hydrogen-bond donors (Lipinski definition) is 1. The number of phenolic OH excluding ortho intramolecular Hbond substituents is 1. The quantitative estimate of drug-likeness (QED) is 0.489. The molecule has 0 bridgehead atoms. The lowest BCUT2D eigenvalue weighted by molar-refractivity contribution is -0.131. The minimum absolute atomic E-state index is 0.0432. The molecule has 0 aliphatic carbocycles. The van der Waals surface area contributed by atoms with Gasteiger partial charge in [-0.1, -0.05) is 23.8 Å². The van der Waals surface area contributed by atoms with E-state index in [0.717, 1.165) is 11.1 Å². The summed E-state index contributed by atoms with van der Waals surface area (Å²) < 4.78 is 11.1. The summed E-state index contributed by atoms with van der Waals surface area (Å²) in [7, 11) is 0. The van der Waals surface area contributed by atoms with Crippen molar-refractivity contribution in [3.05, 3.63) is 64.7 Å². The summed E-state index contributed by atoms with van der Waals surface area (Å²) in [5.41, 5.74) is 3.10. The second-order valence-electron chi connectivity index (χ2n) is 6.87. The van der Waals surface area contributed by atoms with Crippen molar-refractivity contribution in [2.45, 2.75) is 39.7 Å². The van der Waals surface area contributed by atoms with Crippen LogP contribution in [0.4, 0.5) is 0 Å². The number of aromatic hydroxyl groups is 1. The summed E-state index contributed by atoms with van der Waals surface area (Å²) in [6, 6.07) is 10.3. The Morgan fingerprint density at radius 2 is 1.93 bits per heavy atom. The van der Waals surface area contributed by atoms with Gasteiger partial charge in [-0.15, -0.1) is 0 Å². The number of rotatable bonds is 4. The number of esters is 1. The van der Waals surface area contributed by atoms with Crippen LogP contribution in [-0.4, -0.2) is 16.9 Å². The van der Waals surface area contributed by atoms with Crippen LogP contribution in [0.1, 0.15) is 54.8 Å². The molecular weight excluding hydrogens is 344 g/mol. The molecule has 1 aliphatic rings. The van der Waals surface area contributed by atoms with Gasteiger partial charge in [-0.25, -0.2) is 0 Å². The molecule has 5 heteroatoms. The van der Waals surface area contributed by atoms with Gasteiger partial charge in [0.1, 0.15) is 28.9 Å². The highest BCUT2D eigenvalue weighted by Gasteiger charge is 2.30. The molecule has 0 saturated heterocycles. The smallest absolute Gasteiger partial charge is 0.308 e. The van der Waals surface area contributed by atoms with Crippen molar-refractivity contribution in [2.75, 3.05) is 0 Å². The molecule has 2 aromatic carbocycles. The molecule has 1 atom stereocenters. The maximum atomic E-state index is 12.6. The monoisotopic (exact) mass is 366 g/mol. The van der Waals surface area contributed by atoms with Crippen LogP contribution in [0.25, 0.3) is 0 Å². The van der Waals surface area contributed by atoms with E-state index < -0.39 is 6.10 Å². The average molecular weight is 366 g/mol. The highest BCUT2D eigenvalue weighted by atomic mass is 16.5. The van der Waals surface area contributed by atoms with Crippen LogP contribution in [-0.2, 0) is 11.2 Å². The van der Waals surface area contributed by atoms with Gasteiger partial charge in [-0.2, -0.15) is 0 Å². The number of carbonyl (C=O) groups excluding carboxylic acids is 2. The number of benzene rings is 2. The molecule has 0 unspecified atom stereocenters. The first-order valence-corrected chi connectivity index (χ1v) is 8.81. The number of ketones is 1. The SMILES string of the molecule is CC(=O)Oc1ccc([C@H]2CC(=O)c3c(O)cc(CC=C(C)C)cc3O2)cc1. The third-order valence-corrected chi connectivity index (χ3v) is 4.32. The van der Waals surface area contributed by atoms with E-state index in [9.17, 15) is 14.7 Å². The molecule has 140 valence electrons. The first-order chi connectivity index (χ1) is 12.8. The minimum atomic E-state index is -0.450. The van der Waals surface area contributed by atoms with Crippen LogP contribution in [0.2, 0.25) is 0 Å². The zero-order chi connectivity index (χ0) is 19.6. The van der Waals surface area contributed by atoms with Gasteiger partial charge in [0.15, 0.2) is 5.78 Å². The van der Waals surface area contributed by atoms with Gasteiger partial charge in [-0.3, -0.25) is 9.59 Å². The molecule has 5 nitrogen and oxygen atoms in total. The van der Waals surface area contributed by atoms with Gasteiger partial charge >= 0.3 is 5.97 Å². The third kappa shape index (κ3) is 4.37. The molecule has 1 N–H and O–H groups in total. The van der Waals surface area contributed by atoms with Crippen LogP contribution in [0.5, 0.6) is 17.2 Å². The Morgan fingerprint density at radius 3 is 2.56 bits per heavy atom. The summed E-state index contributed by atoms with van der Waals surface area (Å²) in [4.78, 5) is 23.6. The van der Waals surface area contributed by atoms with E-state index in [2.05, 4.69) is 6.08 Å². The number of carbonyl (C=O) groups is 2. The van der Waals surface area contributed by atoms with Crippen molar-refractivity contribution in [1.82, 2.24) is 0 Å². The highest BCUT2D eigenvalue weighted by molar-refractivity contribution is 6.02. The molecule has 1 heterocycles. The fraction of sp³-hybridized carbons (Fsp3) is 0.273. The lowest BCUT2D eigenvalue weighted by Crippen LogP contribution is -2.20. The number of Topliss-reactive ketones (excluding diaryl/α,β-unsaturated/α-hetero) is 1. The van der Waals surface area contributed by atoms with Gasteiger partial charge in [0.2, 0.25) is 0 Å². The molecule has 0 saturated carbocycles. The summed E-state index contributed by atoms with van der Waals surface area (Å²) in [6.07, 6.45) is 2.40. The van der Waals surface area contributed by atoms with E-state index in [-0.39, 0.29) is 29.5 Å². The largest absolute Gasteiger partial charge is 0.507 e. The zero-order valence-corrected chi connectivity index (χ0v) is 15.6. The van der Waals surface area contributed by atoms with Crippen molar-refractivity contribution in [2.24, 2.45) is 0 Å². The molecule has 1 aliphatic heterocycles. The second kappa shape index (κ2) is 7.66. The first kappa shape index (κ1) is 18.7. The average Bonchev–Trinajstić information content (AvgIpc) is 2.59. The van der Waals surface area contributed by atoms with Crippen LogP contribution < -0.4 is 9.47 Å². The maximum absolute atomic E-state index is 12.6. The van der Waals surface area contributed by atoms with Crippen molar-refractivity contribution in [3.8, 4) is 17.2 Å². The van der Waals surface area contributed by atoms with Crippen LogP contribution in [0, 0.1) is 0 Å². The van der Waals surface area contributed by atoms with Gasteiger partial charge < -0.3 is 14.6 Å². The summed E-state index contributed by atoms with van der Waals surface area (Å²) in [5, 5.41) is 10.3. The van der Waals surface area contributed by atoms with E-state index in [1.807, 2.05) is 19.9 Å². The fourth-order valence-corrected chi connectivity index (χ4v) is 3.04. The third-order valence-electron chi connectivity index (χ3n) is 4.32. The summed E-state index contributed by atoms with van der Waals surface area (Å²) >= 11 is 0. The van der Waals surface area contributed by atoms with Gasteiger partial charge in [-0.05, 0) is 55.7 Å². The Bertz CT molecular complexity index is 905. The Balaban J connectivity index is 1.87. The normalized spacial score (nSPS) is 15.5. The number of ether oxygens (including phenoxy) is 2. The van der Waals surface area contributed by atoms with E-state index in [1.165, 1.54) is 12.5 Å². The molecule has 2 aromatic rings. The molecular formula is C22H22O5. The summed E-state index contributed by atoms with van der Waals surface area (Å²) in [6.45, 7) is 5.36. The Morgan fingerprint density at radius 1 is 1.22 bits per heavy atom. The topological polar surface area (TPSA) is 72.8 Å². The van der Waals surface area contributed by atoms with Crippen molar-refractivity contribution in [3.63, 3.8) is 0 Å². The maximum Gasteiger partial charge on any atom is 0.308 e. The van der Waals surface area contributed by atoms with E-state index in [1.54, 1.807) is 30.3 Å². The van der Waals surface area contributed by atoms with Crippen LogP contribution in [0.3, 0.4) is 0 Å². The van der Waals surface area contributed by atoms with E-state index >= 15 is 0 Å². The zero-order valence-electron chi connectivity index (χ0n) is 15.6. The Kier molecular flexibility index (Phi) is 5.31. The Labute approximate surface area is 158 Å². The fourth-order valence-electron chi connectivity index (χ4n) is 3.04. The standard InChI is InChI=1S/C22H22O5/c1-13(2)4-5-15-10-18(24)22-19(25)12-20(27-21(22)11-15)16-6-8-17(9-7-16)26-14(3)23/h4,6-11,20,24H,5,12H2,1-3H3/t20-/m1/s1. The van der Waals surface area contributed by atoms with Gasteiger partial charge in [0, 0.05) is 6.92 Å². The molecule has 0 radical (unpaired) electrons. The lowest BCUT2D eigenvalue weighted by Gasteiger charge is -2.26. The number of fused-ring (bicyclic) bond motifs is 1. The lowest BCUT2D eigenvalue weighted by atomic mass is 9.94. The van der Waals surface area contributed by atoms with E-state index in [0.29, 0.717) is 17.9 Å². The molecule has 0 fully saturated rings. The van der Waals surface area contributed by atoms with Gasteiger partial charge in [0.05, 0.1) is 6.42 Å². The highest BCUT2D eigenvalue weighted by Crippen LogP contribution is 2.40. The van der Waals surface area contributed by atoms with Crippen molar-refractivity contribution in [1.29, 1.82) is 0 Å². The predicted octanol–water partition coefficient (Wildman–Crippen LogP) is 4.53. The molecule has 0 aromatic heterocycles. The number of allylic oxidation sites excluding steroid dienone is 2. The van der Waals surface area contributed by atoms with E-state index in [4.69, 9.17) is 9.47 Å².